The molecule has 0 spiro atoms. The summed E-state index contributed by atoms with van der Waals surface area (Å²) in [5, 5.41) is 12.1. The Kier molecular flexibility index (Phi) is 2.64. The summed E-state index contributed by atoms with van der Waals surface area (Å²) in [6, 6.07) is 0. The van der Waals surface area contributed by atoms with Gasteiger partial charge in [0.1, 0.15) is 11.7 Å². The Bertz CT molecular complexity index is 458. The third-order valence-electron chi connectivity index (χ3n) is 3.44. The van der Waals surface area contributed by atoms with Gasteiger partial charge in [-0.25, -0.2) is 0 Å². The van der Waals surface area contributed by atoms with E-state index in [0.29, 0.717) is 5.41 Å². The number of nitrogens with two attached hydrogens (primary N) is 1. The Hall–Kier alpha value is -1.52. The molecule has 0 aromatic carbocycles. The van der Waals surface area contributed by atoms with E-state index in [1.165, 1.54) is 0 Å². The first kappa shape index (κ1) is 12.0. The summed E-state index contributed by atoms with van der Waals surface area (Å²) in [7, 11) is 1.92. The van der Waals surface area contributed by atoms with Gasteiger partial charge in [0.05, 0.1) is 11.3 Å². The summed E-state index contributed by atoms with van der Waals surface area (Å²) in [6.07, 6.45) is 1.16. The van der Waals surface area contributed by atoms with Crippen molar-refractivity contribution in [1.29, 1.82) is 5.41 Å². The van der Waals surface area contributed by atoms with E-state index in [9.17, 15) is 0 Å². The molecule has 0 atom stereocenters. The molecular weight excluding hydrogens is 214 g/mol. The van der Waals surface area contributed by atoms with Crippen LogP contribution in [0.3, 0.4) is 0 Å². The predicted octanol–water partition coefficient (Wildman–Crippen LogP) is 1.25. The molecule has 94 valence electrons. The van der Waals surface area contributed by atoms with E-state index in [0.717, 1.165) is 36.6 Å². The van der Waals surface area contributed by atoms with Crippen molar-refractivity contribution in [3.05, 3.63) is 11.3 Å². The highest BCUT2D eigenvalue weighted by Crippen LogP contribution is 2.34. The van der Waals surface area contributed by atoms with Crippen LogP contribution >= 0.6 is 0 Å². The monoisotopic (exact) mass is 235 g/mol. The number of nitrogens with one attached hydrogen (secondary N) is 1. The summed E-state index contributed by atoms with van der Waals surface area (Å²) in [5.41, 5.74) is 7.61. The Morgan fingerprint density at radius 2 is 2.12 bits per heavy atom. The fraction of sp³-hybridized carbons (Fsp3) is 0.667. The molecule has 0 radical (unpaired) electrons. The number of hydrogen-bond acceptors (Lipinski definition) is 3. The van der Waals surface area contributed by atoms with Crippen molar-refractivity contribution in [2.75, 3.05) is 18.0 Å². The molecule has 0 bridgehead atoms. The summed E-state index contributed by atoms with van der Waals surface area (Å²) in [4.78, 5) is 2.29. The van der Waals surface area contributed by atoms with E-state index in [1.807, 2.05) is 18.7 Å². The average molecular weight is 235 g/mol. The fourth-order valence-corrected chi connectivity index (χ4v) is 2.62. The normalized spacial score (nSPS) is 18.7. The van der Waals surface area contributed by atoms with E-state index < -0.39 is 0 Å². The van der Waals surface area contributed by atoms with Gasteiger partial charge in [0.2, 0.25) is 0 Å². The molecule has 5 nitrogen and oxygen atoms in total. The molecule has 1 aliphatic rings. The van der Waals surface area contributed by atoms with Crippen molar-refractivity contribution in [2.45, 2.75) is 27.2 Å². The lowest BCUT2D eigenvalue weighted by Crippen LogP contribution is -2.27. The maximum atomic E-state index is 7.69. The molecule has 5 heteroatoms. The first-order chi connectivity index (χ1) is 7.82. The van der Waals surface area contributed by atoms with Crippen LogP contribution in [0, 0.1) is 17.7 Å². The molecule has 2 rings (SSSR count). The second-order valence-corrected chi connectivity index (χ2v) is 5.66. The Labute approximate surface area is 102 Å². The van der Waals surface area contributed by atoms with Gasteiger partial charge in [0, 0.05) is 20.1 Å². The minimum absolute atomic E-state index is 0.107. The number of amidine groups is 1. The summed E-state index contributed by atoms with van der Waals surface area (Å²) in [6.45, 7) is 8.44. The minimum atomic E-state index is 0.107. The predicted molar refractivity (Wildman–Crippen MR) is 69.6 cm³/mol. The van der Waals surface area contributed by atoms with Crippen LogP contribution in [0.5, 0.6) is 0 Å². The van der Waals surface area contributed by atoms with Crippen LogP contribution in [0.15, 0.2) is 0 Å². The molecule has 2 heterocycles. The SMILES string of the molecule is Cc1nn(C)c(N2CCC(C)(C)C2)c1C(=N)N. The van der Waals surface area contributed by atoms with Gasteiger partial charge in [-0.1, -0.05) is 13.8 Å². The third kappa shape index (κ3) is 2.01. The standard InChI is InChI=1S/C12H21N5/c1-8-9(10(13)14)11(16(4)15-8)17-6-5-12(2,3)7-17/h5-7H2,1-4H3,(H3,13,14). The Morgan fingerprint density at radius 1 is 1.47 bits per heavy atom. The average Bonchev–Trinajstić information content (AvgIpc) is 2.66. The molecule has 1 fully saturated rings. The highest BCUT2D eigenvalue weighted by atomic mass is 15.4. The second kappa shape index (κ2) is 3.75. The molecule has 1 aromatic heterocycles. The maximum Gasteiger partial charge on any atom is 0.137 e. The van der Waals surface area contributed by atoms with Crippen molar-refractivity contribution in [2.24, 2.45) is 18.2 Å². The van der Waals surface area contributed by atoms with Crippen molar-refractivity contribution in [3.63, 3.8) is 0 Å². The molecule has 1 saturated heterocycles. The van der Waals surface area contributed by atoms with Crippen molar-refractivity contribution < 1.29 is 0 Å². The van der Waals surface area contributed by atoms with Gasteiger partial charge in [-0.2, -0.15) is 5.10 Å². The summed E-state index contributed by atoms with van der Waals surface area (Å²) < 4.78 is 1.84. The van der Waals surface area contributed by atoms with Crippen LogP contribution in [0.1, 0.15) is 31.5 Å². The lowest BCUT2D eigenvalue weighted by Gasteiger charge is -2.22. The maximum absolute atomic E-state index is 7.69. The third-order valence-corrected chi connectivity index (χ3v) is 3.44. The van der Waals surface area contributed by atoms with E-state index in [4.69, 9.17) is 11.1 Å². The molecule has 1 aromatic rings. The number of nitrogens with zero attached hydrogens (tertiary/aromatic N) is 3. The molecule has 1 aliphatic heterocycles. The quantitative estimate of drug-likeness (QED) is 0.598. The largest absolute Gasteiger partial charge is 0.384 e. The van der Waals surface area contributed by atoms with E-state index in [1.54, 1.807) is 0 Å². The number of rotatable bonds is 2. The fourth-order valence-electron chi connectivity index (χ4n) is 2.62. The number of hydrogen-bond donors (Lipinski definition) is 2. The van der Waals surface area contributed by atoms with Crippen molar-refractivity contribution >= 4 is 11.7 Å². The van der Waals surface area contributed by atoms with E-state index >= 15 is 0 Å². The number of anilines is 1. The molecule has 0 saturated carbocycles. The lowest BCUT2D eigenvalue weighted by molar-refractivity contribution is 0.418. The first-order valence-electron chi connectivity index (χ1n) is 5.95. The number of aromatic nitrogens is 2. The first-order valence-corrected chi connectivity index (χ1v) is 5.95. The van der Waals surface area contributed by atoms with Crippen LogP contribution in [0.2, 0.25) is 0 Å². The van der Waals surface area contributed by atoms with Gasteiger partial charge in [-0.05, 0) is 18.8 Å². The van der Waals surface area contributed by atoms with Gasteiger partial charge in [-0.3, -0.25) is 10.1 Å². The van der Waals surface area contributed by atoms with Crippen LogP contribution in [-0.4, -0.2) is 28.7 Å². The highest BCUT2D eigenvalue weighted by molar-refractivity contribution is 6.01. The summed E-state index contributed by atoms with van der Waals surface area (Å²) in [5.74, 6) is 1.09. The topological polar surface area (TPSA) is 70.9 Å². The van der Waals surface area contributed by atoms with E-state index in [-0.39, 0.29) is 5.84 Å². The smallest absolute Gasteiger partial charge is 0.137 e. The molecule has 0 aliphatic carbocycles. The van der Waals surface area contributed by atoms with E-state index in [2.05, 4.69) is 23.8 Å². The van der Waals surface area contributed by atoms with Crippen LogP contribution in [0.4, 0.5) is 5.82 Å². The zero-order chi connectivity index (χ0) is 12.8. The Balaban J connectivity index is 2.42. The lowest BCUT2D eigenvalue weighted by atomic mass is 9.93. The molecule has 17 heavy (non-hydrogen) atoms. The highest BCUT2D eigenvalue weighted by Gasteiger charge is 2.33. The van der Waals surface area contributed by atoms with Gasteiger partial charge >= 0.3 is 0 Å². The van der Waals surface area contributed by atoms with Gasteiger partial charge in [0.25, 0.3) is 0 Å². The second-order valence-electron chi connectivity index (χ2n) is 5.66. The number of aryl methyl sites for hydroxylation is 2. The van der Waals surface area contributed by atoms with Gasteiger partial charge < -0.3 is 10.6 Å². The molecular formula is C12H21N5. The van der Waals surface area contributed by atoms with Crippen LogP contribution in [0.25, 0.3) is 0 Å². The molecule has 0 unspecified atom stereocenters. The molecule has 3 N–H and O–H groups in total. The van der Waals surface area contributed by atoms with Crippen molar-refractivity contribution in [3.8, 4) is 0 Å². The zero-order valence-electron chi connectivity index (χ0n) is 11.0. The van der Waals surface area contributed by atoms with Crippen LogP contribution < -0.4 is 10.6 Å². The minimum Gasteiger partial charge on any atom is -0.384 e. The van der Waals surface area contributed by atoms with Crippen molar-refractivity contribution in [1.82, 2.24) is 9.78 Å². The molecule has 0 amide bonds. The Morgan fingerprint density at radius 3 is 2.59 bits per heavy atom. The van der Waals surface area contributed by atoms with Gasteiger partial charge in [-0.15, -0.1) is 0 Å². The summed E-state index contributed by atoms with van der Waals surface area (Å²) >= 11 is 0. The zero-order valence-corrected chi connectivity index (χ0v) is 11.0. The van der Waals surface area contributed by atoms with Crippen LogP contribution in [-0.2, 0) is 7.05 Å². The number of nitrogen functional groups attached to an aromatic ring is 1. The van der Waals surface area contributed by atoms with Gasteiger partial charge in [0.15, 0.2) is 0 Å².